The SMILES string of the molecule is Cc1ccc(-c2ccc(O)c(C)n2)cc1. The van der Waals surface area contributed by atoms with E-state index in [9.17, 15) is 5.11 Å². The van der Waals surface area contributed by atoms with E-state index in [0.717, 1.165) is 11.3 Å². The molecule has 1 heterocycles. The first-order valence-corrected chi connectivity index (χ1v) is 4.90. The van der Waals surface area contributed by atoms with Crippen molar-refractivity contribution in [2.75, 3.05) is 0 Å². The van der Waals surface area contributed by atoms with E-state index in [4.69, 9.17) is 0 Å². The molecule has 0 saturated heterocycles. The molecule has 0 aliphatic rings. The van der Waals surface area contributed by atoms with Crippen LogP contribution in [0.3, 0.4) is 0 Å². The van der Waals surface area contributed by atoms with Crippen LogP contribution in [-0.4, -0.2) is 10.1 Å². The van der Waals surface area contributed by atoms with Gasteiger partial charge in [-0.05, 0) is 26.0 Å². The fraction of sp³-hybridized carbons (Fsp3) is 0.154. The van der Waals surface area contributed by atoms with Crippen LogP contribution in [0.4, 0.5) is 0 Å². The zero-order valence-corrected chi connectivity index (χ0v) is 8.86. The van der Waals surface area contributed by atoms with Gasteiger partial charge in [-0.25, -0.2) is 4.98 Å². The highest BCUT2D eigenvalue weighted by molar-refractivity contribution is 5.60. The molecule has 76 valence electrons. The molecule has 0 saturated carbocycles. The molecule has 0 aliphatic heterocycles. The van der Waals surface area contributed by atoms with Gasteiger partial charge in [-0.2, -0.15) is 0 Å². The van der Waals surface area contributed by atoms with Crippen molar-refractivity contribution >= 4 is 0 Å². The van der Waals surface area contributed by atoms with E-state index in [0.29, 0.717) is 5.69 Å². The summed E-state index contributed by atoms with van der Waals surface area (Å²) in [5, 5.41) is 9.37. The molecule has 0 aliphatic carbocycles. The molecule has 2 heteroatoms. The van der Waals surface area contributed by atoms with E-state index in [1.807, 2.05) is 18.2 Å². The van der Waals surface area contributed by atoms with Crippen LogP contribution in [0.5, 0.6) is 5.75 Å². The number of rotatable bonds is 1. The maximum Gasteiger partial charge on any atom is 0.136 e. The second-order valence-corrected chi connectivity index (χ2v) is 3.67. The molecule has 15 heavy (non-hydrogen) atoms. The molecule has 0 atom stereocenters. The van der Waals surface area contributed by atoms with Gasteiger partial charge in [0, 0.05) is 5.56 Å². The number of aromatic nitrogens is 1. The van der Waals surface area contributed by atoms with Crippen LogP contribution >= 0.6 is 0 Å². The van der Waals surface area contributed by atoms with E-state index in [1.54, 1.807) is 13.0 Å². The smallest absolute Gasteiger partial charge is 0.136 e. The highest BCUT2D eigenvalue weighted by atomic mass is 16.3. The summed E-state index contributed by atoms with van der Waals surface area (Å²) in [6.07, 6.45) is 0. The predicted molar refractivity (Wildman–Crippen MR) is 60.8 cm³/mol. The van der Waals surface area contributed by atoms with Crippen LogP contribution in [0, 0.1) is 13.8 Å². The van der Waals surface area contributed by atoms with Gasteiger partial charge in [0.05, 0.1) is 11.4 Å². The molecule has 1 N–H and O–H groups in total. The van der Waals surface area contributed by atoms with Crippen LogP contribution in [0.1, 0.15) is 11.3 Å². The maximum atomic E-state index is 9.37. The summed E-state index contributed by atoms with van der Waals surface area (Å²) in [7, 11) is 0. The second kappa shape index (κ2) is 3.73. The molecule has 2 aromatic rings. The van der Waals surface area contributed by atoms with E-state index >= 15 is 0 Å². The van der Waals surface area contributed by atoms with Gasteiger partial charge in [-0.1, -0.05) is 29.8 Å². The molecular formula is C13H13NO. The van der Waals surface area contributed by atoms with Crippen LogP contribution in [0.2, 0.25) is 0 Å². The van der Waals surface area contributed by atoms with Gasteiger partial charge in [-0.15, -0.1) is 0 Å². The minimum Gasteiger partial charge on any atom is -0.506 e. The van der Waals surface area contributed by atoms with Crippen molar-refractivity contribution in [3.05, 3.63) is 47.7 Å². The third kappa shape index (κ3) is 1.99. The van der Waals surface area contributed by atoms with Crippen molar-refractivity contribution in [1.82, 2.24) is 4.98 Å². The lowest BCUT2D eigenvalue weighted by Crippen LogP contribution is -1.87. The molecule has 1 aromatic heterocycles. The summed E-state index contributed by atoms with van der Waals surface area (Å²) in [6, 6.07) is 11.7. The Balaban J connectivity index is 2.45. The zero-order chi connectivity index (χ0) is 10.8. The average Bonchev–Trinajstić information content (AvgIpc) is 2.23. The summed E-state index contributed by atoms with van der Waals surface area (Å²) in [6.45, 7) is 3.85. The van der Waals surface area contributed by atoms with Crippen LogP contribution < -0.4 is 0 Å². The number of aromatic hydroxyl groups is 1. The Morgan fingerprint density at radius 3 is 2.20 bits per heavy atom. The summed E-state index contributed by atoms with van der Waals surface area (Å²) in [4.78, 5) is 4.32. The Hall–Kier alpha value is -1.83. The van der Waals surface area contributed by atoms with Crippen LogP contribution in [0.25, 0.3) is 11.3 Å². The number of benzene rings is 1. The largest absolute Gasteiger partial charge is 0.506 e. The molecular weight excluding hydrogens is 186 g/mol. The fourth-order valence-electron chi connectivity index (χ4n) is 1.44. The summed E-state index contributed by atoms with van der Waals surface area (Å²) >= 11 is 0. The lowest BCUT2D eigenvalue weighted by Gasteiger charge is -2.03. The van der Waals surface area contributed by atoms with Crippen molar-refractivity contribution in [2.45, 2.75) is 13.8 Å². The Morgan fingerprint density at radius 2 is 1.60 bits per heavy atom. The molecule has 0 radical (unpaired) electrons. The normalized spacial score (nSPS) is 10.3. The zero-order valence-electron chi connectivity index (χ0n) is 8.86. The predicted octanol–water partition coefficient (Wildman–Crippen LogP) is 3.07. The Bertz CT molecular complexity index is 474. The van der Waals surface area contributed by atoms with Crippen LogP contribution in [-0.2, 0) is 0 Å². The van der Waals surface area contributed by atoms with E-state index < -0.39 is 0 Å². The van der Waals surface area contributed by atoms with Gasteiger partial charge < -0.3 is 5.11 Å². The van der Waals surface area contributed by atoms with Crippen LogP contribution in [0.15, 0.2) is 36.4 Å². The van der Waals surface area contributed by atoms with E-state index in [-0.39, 0.29) is 5.75 Å². The minimum atomic E-state index is 0.242. The third-order valence-corrected chi connectivity index (χ3v) is 2.41. The Kier molecular flexibility index (Phi) is 2.42. The van der Waals surface area contributed by atoms with Crippen molar-refractivity contribution in [3.8, 4) is 17.0 Å². The standard InChI is InChI=1S/C13H13NO/c1-9-3-5-11(6-4-9)12-7-8-13(15)10(2)14-12/h3-8,15H,1-2H3. The lowest BCUT2D eigenvalue weighted by molar-refractivity contribution is 0.468. The number of hydrogen-bond acceptors (Lipinski definition) is 2. The molecule has 0 bridgehead atoms. The molecule has 2 nitrogen and oxygen atoms in total. The first kappa shape index (κ1) is 9.71. The molecule has 0 spiro atoms. The second-order valence-electron chi connectivity index (χ2n) is 3.67. The summed E-state index contributed by atoms with van der Waals surface area (Å²) in [5.41, 5.74) is 3.86. The molecule has 1 aromatic carbocycles. The van der Waals surface area contributed by atoms with Gasteiger partial charge in [0.15, 0.2) is 0 Å². The first-order chi connectivity index (χ1) is 7.16. The first-order valence-electron chi connectivity index (χ1n) is 4.90. The Labute approximate surface area is 89.2 Å². The molecule has 0 unspecified atom stereocenters. The topological polar surface area (TPSA) is 33.1 Å². The van der Waals surface area contributed by atoms with Crippen molar-refractivity contribution in [3.63, 3.8) is 0 Å². The summed E-state index contributed by atoms with van der Waals surface area (Å²) < 4.78 is 0. The quantitative estimate of drug-likeness (QED) is 0.765. The van der Waals surface area contributed by atoms with Crippen molar-refractivity contribution < 1.29 is 5.11 Å². The highest BCUT2D eigenvalue weighted by Crippen LogP contribution is 2.21. The molecule has 2 rings (SSSR count). The Morgan fingerprint density at radius 1 is 0.933 bits per heavy atom. The number of nitrogens with zero attached hydrogens (tertiary/aromatic N) is 1. The van der Waals surface area contributed by atoms with E-state index in [1.165, 1.54) is 5.56 Å². The number of aryl methyl sites for hydroxylation is 2. The monoisotopic (exact) mass is 199 g/mol. The maximum absolute atomic E-state index is 9.37. The summed E-state index contributed by atoms with van der Waals surface area (Å²) in [5.74, 6) is 0.242. The van der Waals surface area contributed by atoms with Gasteiger partial charge in [0.25, 0.3) is 0 Å². The van der Waals surface area contributed by atoms with Crippen molar-refractivity contribution in [2.24, 2.45) is 0 Å². The number of pyridine rings is 1. The van der Waals surface area contributed by atoms with Crippen molar-refractivity contribution in [1.29, 1.82) is 0 Å². The number of hydrogen-bond donors (Lipinski definition) is 1. The van der Waals surface area contributed by atoms with Gasteiger partial charge in [0.2, 0.25) is 0 Å². The van der Waals surface area contributed by atoms with Gasteiger partial charge >= 0.3 is 0 Å². The highest BCUT2D eigenvalue weighted by Gasteiger charge is 2.01. The van der Waals surface area contributed by atoms with Gasteiger partial charge in [0.1, 0.15) is 5.75 Å². The third-order valence-electron chi connectivity index (χ3n) is 2.41. The lowest BCUT2D eigenvalue weighted by atomic mass is 10.1. The average molecular weight is 199 g/mol. The van der Waals surface area contributed by atoms with Gasteiger partial charge in [-0.3, -0.25) is 0 Å². The van der Waals surface area contributed by atoms with E-state index in [2.05, 4.69) is 24.0 Å². The minimum absolute atomic E-state index is 0.242. The molecule has 0 amide bonds. The fourth-order valence-corrected chi connectivity index (χ4v) is 1.44. The molecule has 0 fully saturated rings.